The van der Waals surface area contributed by atoms with Crippen molar-refractivity contribution in [3.63, 3.8) is 0 Å². The van der Waals surface area contributed by atoms with Crippen molar-refractivity contribution in [2.75, 3.05) is 6.61 Å². The minimum absolute atomic E-state index is 0.328. The predicted molar refractivity (Wildman–Crippen MR) is 59.3 cm³/mol. The molecule has 0 saturated heterocycles. The maximum Gasteiger partial charge on any atom is 0.340 e. The average Bonchev–Trinajstić information content (AvgIpc) is 2.63. The molecule has 0 saturated carbocycles. The van der Waals surface area contributed by atoms with Crippen LogP contribution in [0.2, 0.25) is 5.02 Å². The van der Waals surface area contributed by atoms with Gasteiger partial charge in [-0.3, -0.25) is 0 Å². The van der Waals surface area contributed by atoms with E-state index in [0.717, 1.165) is 10.9 Å². The molecule has 2 aromatic rings. The Morgan fingerprint density at radius 3 is 3.07 bits per heavy atom. The van der Waals surface area contributed by atoms with Crippen molar-refractivity contribution in [2.45, 2.75) is 6.92 Å². The molecule has 3 nitrogen and oxygen atoms in total. The smallest absolute Gasteiger partial charge is 0.340 e. The number of benzene rings is 1. The zero-order valence-corrected chi connectivity index (χ0v) is 8.97. The largest absolute Gasteiger partial charge is 0.462 e. The summed E-state index contributed by atoms with van der Waals surface area (Å²) in [6.45, 7) is 2.14. The summed E-state index contributed by atoms with van der Waals surface area (Å²) in [5, 5.41) is 1.39. The molecule has 1 aromatic heterocycles. The second-order valence-electron chi connectivity index (χ2n) is 3.09. The van der Waals surface area contributed by atoms with Gasteiger partial charge in [-0.15, -0.1) is 0 Å². The fourth-order valence-electron chi connectivity index (χ4n) is 1.50. The van der Waals surface area contributed by atoms with Crippen molar-refractivity contribution in [1.29, 1.82) is 0 Å². The number of halogens is 1. The third-order valence-electron chi connectivity index (χ3n) is 2.16. The maximum atomic E-state index is 11.5. The van der Waals surface area contributed by atoms with E-state index in [1.807, 2.05) is 6.07 Å². The monoisotopic (exact) mass is 223 g/mol. The number of H-pyrrole nitrogens is 1. The van der Waals surface area contributed by atoms with Crippen LogP contribution in [0.1, 0.15) is 17.3 Å². The molecule has 0 radical (unpaired) electrons. The predicted octanol–water partition coefficient (Wildman–Crippen LogP) is 3.00. The summed E-state index contributed by atoms with van der Waals surface area (Å²) in [6, 6.07) is 5.42. The van der Waals surface area contributed by atoms with Crippen LogP contribution in [0, 0.1) is 0 Å². The quantitative estimate of drug-likeness (QED) is 0.796. The van der Waals surface area contributed by atoms with Gasteiger partial charge in [-0.1, -0.05) is 23.7 Å². The van der Waals surface area contributed by atoms with E-state index in [2.05, 4.69) is 4.98 Å². The fourth-order valence-corrected chi connectivity index (χ4v) is 1.72. The molecule has 0 aliphatic rings. The number of aromatic nitrogens is 1. The van der Waals surface area contributed by atoms with E-state index < -0.39 is 0 Å². The Balaban J connectivity index is 2.54. The van der Waals surface area contributed by atoms with Gasteiger partial charge in [0.05, 0.1) is 22.7 Å². The van der Waals surface area contributed by atoms with Crippen molar-refractivity contribution >= 4 is 28.5 Å². The molecule has 0 unspecified atom stereocenters. The third kappa shape index (κ3) is 1.70. The van der Waals surface area contributed by atoms with Crippen molar-refractivity contribution in [3.8, 4) is 0 Å². The lowest BCUT2D eigenvalue weighted by Gasteiger charge is -1.99. The molecule has 0 spiro atoms. The summed E-state index contributed by atoms with van der Waals surface area (Å²) < 4.78 is 4.93. The average molecular weight is 224 g/mol. The SMILES string of the molecule is CCOC(=O)c1c[nH]c2c(Cl)cccc12. The zero-order valence-electron chi connectivity index (χ0n) is 8.21. The lowest BCUT2D eigenvalue weighted by molar-refractivity contribution is 0.0529. The molecule has 15 heavy (non-hydrogen) atoms. The number of carbonyl (C=O) groups is 1. The molecule has 0 atom stereocenters. The molecule has 1 aromatic carbocycles. The van der Waals surface area contributed by atoms with Crippen LogP contribution < -0.4 is 0 Å². The number of hydrogen-bond donors (Lipinski definition) is 1. The molecular formula is C11H10ClNO2. The van der Waals surface area contributed by atoms with E-state index >= 15 is 0 Å². The Morgan fingerprint density at radius 1 is 1.53 bits per heavy atom. The molecule has 4 heteroatoms. The molecular weight excluding hydrogens is 214 g/mol. The summed E-state index contributed by atoms with van der Waals surface area (Å²) in [6.07, 6.45) is 1.62. The highest BCUT2D eigenvalue weighted by atomic mass is 35.5. The van der Waals surface area contributed by atoms with Crippen molar-refractivity contribution in [1.82, 2.24) is 4.98 Å². The molecule has 2 rings (SSSR count). The molecule has 1 heterocycles. The Bertz CT molecular complexity index is 504. The molecule has 0 bridgehead atoms. The Kier molecular flexibility index (Phi) is 2.64. The zero-order chi connectivity index (χ0) is 10.8. The van der Waals surface area contributed by atoms with E-state index in [0.29, 0.717) is 17.2 Å². The minimum Gasteiger partial charge on any atom is -0.462 e. The second-order valence-corrected chi connectivity index (χ2v) is 3.49. The molecule has 0 aliphatic carbocycles. The van der Waals surface area contributed by atoms with E-state index in [1.165, 1.54) is 0 Å². The highest BCUT2D eigenvalue weighted by Crippen LogP contribution is 2.25. The second kappa shape index (κ2) is 3.95. The third-order valence-corrected chi connectivity index (χ3v) is 2.47. The van der Waals surface area contributed by atoms with Crippen LogP contribution in [0.3, 0.4) is 0 Å². The van der Waals surface area contributed by atoms with Crippen LogP contribution in [-0.2, 0) is 4.74 Å². The summed E-state index contributed by atoms with van der Waals surface area (Å²) in [7, 11) is 0. The molecule has 0 fully saturated rings. The van der Waals surface area contributed by atoms with Crippen LogP contribution >= 0.6 is 11.6 Å². The fraction of sp³-hybridized carbons (Fsp3) is 0.182. The number of carbonyl (C=O) groups excluding carboxylic acids is 1. The maximum absolute atomic E-state index is 11.5. The van der Waals surface area contributed by atoms with Gasteiger partial charge in [-0.2, -0.15) is 0 Å². The first-order valence-electron chi connectivity index (χ1n) is 4.66. The number of ether oxygens (including phenoxy) is 1. The molecule has 1 N–H and O–H groups in total. The number of para-hydroxylation sites is 1. The molecule has 0 aliphatic heterocycles. The topological polar surface area (TPSA) is 42.1 Å². The van der Waals surface area contributed by atoms with E-state index in [1.54, 1.807) is 25.3 Å². The van der Waals surface area contributed by atoms with Crippen molar-refractivity contribution in [2.24, 2.45) is 0 Å². The number of hydrogen-bond acceptors (Lipinski definition) is 2. The highest BCUT2D eigenvalue weighted by molar-refractivity contribution is 6.35. The Labute approximate surface area is 92.0 Å². The first kappa shape index (κ1) is 10.1. The summed E-state index contributed by atoms with van der Waals surface area (Å²) in [5.41, 5.74) is 1.29. The van der Waals surface area contributed by atoms with Gasteiger partial charge in [0, 0.05) is 11.6 Å². The van der Waals surface area contributed by atoms with Gasteiger partial charge >= 0.3 is 5.97 Å². The summed E-state index contributed by atoms with van der Waals surface area (Å²) in [4.78, 5) is 14.5. The number of rotatable bonds is 2. The lowest BCUT2D eigenvalue weighted by atomic mass is 10.2. The molecule has 0 amide bonds. The van der Waals surface area contributed by atoms with Crippen LogP contribution in [0.15, 0.2) is 24.4 Å². The number of nitrogens with one attached hydrogen (secondary N) is 1. The number of esters is 1. The first-order valence-corrected chi connectivity index (χ1v) is 5.04. The van der Waals surface area contributed by atoms with Crippen molar-refractivity contribution < 1.29 is 9.53 Å². The minimum atomic E-state index is -0.328. The summed E-state index contributed by atoms with van der Waals surface area (Å²) >= 11 is 5.97. The standard InChI is InChI=1S/C11H10ClNO2/c1-2-15-11(14)8-6-13-10-7(8)4-3-5-9(10)12/h3-6,13H,2H2,1H3. The Morgan fingerprint density at radius 2 is 2.33 bits per heavy atom. The number of fused-ring (bicyclic) bond motifs is 1. The molecule has 78 valence electrons. The van der Waals surface area contributed by atoms with Gasteiger partial charge in [-0.05, 0) is 13.0 Å². The van der Waals surface area contributed by atoms with Crippen LogP contribution in [0.5, 0.6) is 0 Å². The van der Waals surface area contributed by atoms with Crippen LogP contribution in [0.4, 0.5) is 0 Å². The van der Waals surface area contributed by atoms with Gasteiger partial charge in [-0.25, -0.2) is 4.79 Å². The first-order chi connectivity index (χ1) is 7.24. The van der Waals surface area contributed by atoms with Gasteiger partial charge in [0.25, 0.3) is 0 Å². The van der Waals surface area contributed by atoms with E-state index in [9.17, 15) is 4.79 Å². The van der Waals surface area contributed by atoms with Gasteiger partial charge in [0.15, 0.2) is 0 Å². The lowest BCUT2D eigenvalue weighted by Crippen LogP contribution is -2.03. The van der Waals surface area contributed by atoms with Gasteiger partial charge < -0.3 is 9.72 Å². The van der Waals surface area contributed by atoms with Gasteiger partial charge in [0.2, 0.25) is 0 Å². The van der Waals surface area contributed by atoms with E-state index in [-0.39, 0.29) is 5.97 Å². The van der Waals surface area contributed by atoms with Gasteiger partial charge in [0.1, 0.15) is 0 Å². The normalized spacial score (nSPS) is 10.5. The van der Waals surface area contributed by atoms with Crippen LogP contribution in [0.25, 0.3) is 10.9 Å². The number of aromatic amines is 1. The summed E-state index contributed by atoms with van der Waals surface area (Å²) in [5.74, 6) is -0.328. The van der Waals surface area contributed by atoms with Crippen LogP contribution in [-0.4, -0.2) is 17.6 Å². The highest BCUT2D eigenvalue weighted by Gasteiger charge is 2.13. The van der Waals surface area contributed by atoms with E-state index in [4.69, 9.17) is 16.3 Å². The Hall–Kier alpha value is -1.48. The van der Waals surface area contributed by atoms with Crippen molar-refractivity contribution in [3.05, 3.63) is 35.0 Å².